The molecule has 9 heteroatoms. The van der Waals surface area contributed by atoms with E-state index in [0.717, 1.165) is 34.3 Å². The Balaban J connectivity index is 1.45. The summed E-state index contributed by atoms with van der Waals surface area (Å²) < 4.78 is 23.2. The molecule has 3 heterocycles. The molecule has 5 nitrogen and oxygen atoms in total. The van der Waals surface area contributed by atoms with Crippen molar-refractivity contribution in [2.24, 2.45) is 0 Å². The van der Waals surface area contributed by atoms with Gasteiger partial charge >= 0.3 is 0 Å². The molecule has 34 heavy (non-hydrogen) atoms. The number of anilines is 3. The normalized spacial score (nSPS) is 10.9. The van der Waals surface area contributed by atoms with Crippen LogP contribution in [-0.4, -0.2) is 9.97 Å². The molecule has 2 N–H and O–H groups in total. The molecule has 0 fully saturated rings. The Labute approximate surface area is 209 Å². The molecule has 170 valence electrons. The lowest BCUT2D eigenvalue weighted by Crippen LogP contribution is -1.98. The zero-order chi connectivity index (χ0) is 23.5. The van der Waals surface area contributed by atoms with E-state index >= 15 is 0 Å². The van der Waals surface area contributed by atoms with Crippen molar-refractivity contribution in [3.05, 3.63) is 95.2 Å². The predicted octanol–water partition coefficient (Wildman–Crippen LogP) is 8.43. The average Bonchev–Trinajstić information content (AvgIpc) is 3.56. The fourth-order valence-corrected chi connectivity index (χ4v) is 4.86. The lowest BCUT2D eigenvalue weighted by Gasteiger charge is -2.15. The van der Waals surface area contributed by atoms with Crippen molar-refractivity contribution in [1.82, 2.24) is 9.97 Å². The van der Waals surface area contributed by atoms with Crippen molar-refractivity contribution in [3.8, 4) is 22.4 Å². The van der Waals surface area contributed by atoms with E-state index in [-0.39, 0.29) is 0 Å². The molecule has 0 aliphatic rings. The van der Waals surface area contributed by atoms with E-state index in [0.29, 0.717) is 26.4 Å². The molecule has 0 unspecified atom stereocenters. The molecule has 0 aliphatic heterocycles. The van der Waals surface area contributed by atoms with Gasteiger partial charge in [-0.2, -0.15) is 0 Å². The van der Waals surface area contributed by atoms with Gasteiger partial charge in [-0.3, -0.25) is 4.98 Å². The van der Waals surface area contributed by atoms with Crippen LogP contribution < -0.4 is 10.0 Å². The van der Waals surface area contributed by atoms with Crippen molar-refractivity contribution in [3.63, 3.8) is 0 Å². The van der Waals surface area contributed by atoms with E-state index in [9.17, 15) is 4.39 Å². The topological polar surface area (TPSA) is 63.0 Å². The van der Waals surface area contributed by atoms with Crippen LogP contribution in [0.2, 0.25) is 5.02 Å². The molecule has 2 aromatic carbocycles. The SMILES string of the molecule is Cc1ccc(-c2cc(-c3ccoc3)c(Nc3cc(F)c(SNc4nccs4)cc3Cl)cn2)cc1. The molecule has 0 saturated heterocycles. The maximum atomic E-state index is 14.8. The summed E-state index contributed by atoms with van der Waals surface area (Å²) in [6.45, 7) is 2.04. The summed E-state index contributed by atoms with van der Waals surface area (Å²) in [5, 5.41) is 6.15. The van der Waals surface area contributed by atoms with Gasteiger partial charge in [0.2, 0.25) is 0 Å². The van der Waals surface area contributed by atoms with Gasteiger partial charge in [0.05, 0.1) is 45.7 Å². The summed E-state index contributed by atoms with van der Waals surface area (Å²) in [7, 11) is 0. The number of nitrogens with zero attached hydrogens (tertiary/aromatic N) is 2. The molecule has 0 atom stereocenters. The highest BCUT2D eigenvalue weighted by atomic mass is 35.5. The molecular formula is C25H18ClFN4OS2. The molecule has 0 saturated carbocycles. The number of furan rings is 1. The second kappa shape index (κ2) is 9.89. The number of rotatable bonds is 7. The van der Waals surface area contributed by atoms with Crippen LogP contribution in [0.5, 0.6) is 0 Å². The van der Waals surface area contributed by atoms with Crippen molar-refractivity contribution in [1.29, 1.82) is 0 Å². The van der Waals surface area contributed by atoms with Crippen LogP contribution >= 0.6 is 34.9 Å². The van der Waals surface area contributed by atoms with Gasteiger partial charge in [-0.1, -0.05) is 41.4 Å². The number of thiazole rings is 1. The lowest BCUT2D eigenvalue weighted by molar-refractivity contribution is 0.568. The summed E-state index contributed by atoms with van der Waals surface area (Å²) in [6.07, 6.45) is 6.67. The highest BCUT2D eigenvalue weighted by Crippen LogP contribution is 2.37. The molecule has 0 spiro atoms. The molecule has 5 aromatic rings. The fraction of sp³-hybridized carbons (Fsp3) is 0.0400. The standard InChI is InChI=1S/C25H18ClFN4OS2/c1-15-2-4-16(5-3-15)21-10-18(17-6-8-32-14-17)23(13-29-21)30-22-12-20(27)24(11-19(22)26)34-31-25-28-7-9-33-25/h2-14,30H,1H3,(H,28,31). The Hall–Kier alpha value is -3.33. The van der Waals surface area contributed by atoms with Crippen LogP contribution in [0.3, 0.4) is 0 Å². The highest BCUT2D eigenvalue weighted by molar-refractivity contribution is 8.00. The number of aryl methyl sites for hydroxylation is 1. The maximum absolute atomic E-state index is 14.8. The largest absolute Gasteiger partial charge is 0.472 e. The maximum Gasteiger partial charge on any atom is 0.192 e. The Morgan fingerprint density at radius 3 is 2.62 bits per heavy atom. The van der Waals surface area contributed by atoms with Gasteiger partial charge in [0.15, 0.2) is 5.13 Å². The van der Waals surface area contributed by atoms with Crippen molar-refractivity contribution >= 4 is 51.4 Å². The molecule has 3 aromatic heterocycles. The number of halogens is 2. The minimum absolute atomic E-state index is 0.369. The number of pyridine rings is 1. The Morgan fingerprint density at radius 1 is 1.03 bits per heavy atom. The Bertz CT molecular complexity index is 1410. The van der Waals surface area contributed by atoms with Crippen LogP contribution in [0.25, 0.3) is 22.4 Å². The van der Waals surface area contributed by atoms with Gasteiger partial charge in [-0.25, -0.2) is 9.37 Å². The molecule has 0 amide bonds. The monoisotopic (exact) mass is 508 g/mol. The number of nitrogens with one attached hydrogen (secondary N) is 2. The quantitative estimate of drug-likeness (QED) is 0.215. The number of benzene rings is 2. The van der Waals surface area contributed by atoms with Gasteiger partial charge in [0, 0.05) is 34.3 Å². The highest BCUT2D eigenvalue weighted by Gasteiger charge is 2.15. The average molecular weight is 509 g/mol. The Morgan fingerprint density at radius 2 is 1.88 bits per heavy atom. The smallest absolute Gasteiger partial charge is 0.192 e. The summed E-state index contributed by atoms with van der Waals surface area (Å²) in [4.78, 5) is 9.12. The van der Waals surface area contributed by atoms with E-state index < -0.39 is 5.82 Å². The zero-order valence-corrected chi connectivity index (χ0v) is 20.3. The van der Waals surface area contributed by atoms with Gasteiger partial charge in [0.25, 0.3) is 0 Å². The minimum atomic E-state index is -0.407. The van der Waals surface area contributed by atoms with E-state index in [1.54, 1.807) is 31.0 Å². The van der Waals surface area contributed by atoms with Crippen LogP contribution in [0.4, 0.5) is 20.9 Å². The molecule has 0 radical (unpaired) electrons. The van der Waals surface area contributed by atoms with Crippen molar-refractivity contribution < 1.29 is 8.81 Å². The predicted molar refractivity (Wildman–Crippen MR) is 138 cm³/mol. The third kappa shape index (κ3) is 4.94. The molecule has 5 rings (SSSR count). The molecule has 0 aliphatic carbocycles. The van der Waals surface area contributed by atoms with Crippen molar-refractivity contribution in [2.45, 2.75) is 11.8 Å². The summed E-state index contributed by atoms with van der Waals surface area (Å²) in [5.41, 5.74) is 5.85. The summed E-state index contributed by atoms with van der Waals surface area (Å²) >= 11 is 9.06. The fourth-order valence-electron chi connectivity index (χ4n) is 3.31. The van der Waals surface area contributed by atoms with E-state index in [4.69, 9.17) is 16.0 Å². The lowest BCUT2D eigenvalue weighted by atomic mass is 10.0. The van der Waals surface area contributed by atoms with Gasteiger partial charge < -0.3 is 14.5 Å². The van der Waals surface area contributed by atoms with Gasteiger partial charge in [-0.15, -0.1) is 11.3 Å². The second-order valence-corrected chi connectivity index (χ2v) is 9.57. The van der Waals surface area contributed by atoms with Crippen LogP contribution in [-0.2, 0) is 0 Å². The number of hydrogen-bond donors (Lipinski definition) is 2. The van der Waals surface area contributed by atoms with Crippen LogP contribution in [0.15, 0.2) is 88.1 Å². The van der Waals surface area contributed by atoms with Crippen LogP contribution in [0.1, 0.15) is 5.56 Å². The summed E-state index contributed by atoms with van der Waals surface area (Å²) in [6, 6.07) is 15.0. The minimum Gasteiger partial charge on any atom is -0.472 e. The first-order valence-electron chi connectivity index (χ1n) is 10.2. The molecular weight excluding hydrogens is 491 g/mol. The van der Waals surface area contributed by atoms with Gasteiger partial charge in [0.1, 0.15) is 5.82 Å². The van der Waals surface area contributed by atoms with E-state index in [1.807, 2.05) is 48.7 Å². The Kier molecular flexibility index (Phi) is 6.53. The molecule has 0 bridgehead atoms. The third-order valence-electron chi connectivity index (χ3n) is 5.05. The first-order chi connectivity index (χ1) is 16.6. The second-order valence-electron chi connectivity index (χ2n) is 7.42. The van der Waals surface area contributed by atoms with Gasteiger partial charge in [-0.05, 0) is 37.1 Å². The van der Waals surface area contributed by atoms with E-state index in [1.165, 1.54) is 23.0 Å². The number of aromatic nitrogens is 2. The first kappa shape index (κ1) is 22.5. The number of hydrogen-bond acceptors (Lipinski definition) is 7. The van der Waals surface area contributed by atoms with Crippen molar-refractivity contribution in [2.75, 3.05) is 10.0 Å². The van der Waals surface area contributed by atoms with Crippen LogP contribution in [0, 0.1) is 12.7 Å². The first-order valence-corrected chi connectivity index (χ1v) is 12.3. The summed E-state index contributed by atoms with van der Waals surface area (Å²) in [5.74, 6) is -0.407. The zero-order valence-electron chi connectivity index (χ0n) is 17.9. The third-order valence-corrected chi connectivity index (χ3v) is 7.01. The van der Waals surface area contributed by atoms with E-state index in [2.05, 4.69) is 20.0 Å².